The van der Waals surface area contributed by atoms with Crippen LogP contribution in [0.1, 0.15) is 34.8 Å². The molecule has 0 radical (unpaired) electrons. The van der Waals surface area contributed by atoms with Gasteiger partial charge in [0.15, 0.2) is 5.78 Å². The molecule has 25 heavy (non-hydrogen) atoms. The molecule has 0 fully saturated rings. The summed E-state index contributed by atoms with van der Waals surface area (Å²) in [7, 11) is 1.57. The molecule has 2 rings (SSSR count). The normalized spacial score (nSPS) is 11.1. The lowest BCUT2D eigenvalue weighted by atomic mass is 10.1. The number of ketones is 1. The minimum Gasteiger partial charge on any atom is -0.497 e. The molecule has 0 saturated heterocycles. The van der Waals surface area contributed by atoms with Gasteiger partial charge in [0.05, 0.1) is 7.11 Å². The Kier molecular flexibility index (Phi) is 8.67. The quantitative estimate of drug-likeness (QED) is 0.707. The van der Waals surface area contributed by atoms with E-state index >= 15 is 0 Å². The summed E-state index contributed by atoms with van der Waals surface area (Å²) in [6, 6.07) is 16.2. The molecular formula is C19H23ClN2O3. The number of nitrogens with one attached hydrogen (secondary N) is 1. The van der Waals surface area contributed by atoms with E-state index in [0.717, 1.165) is 5.56 Å². The van der Waals surface area contributed by atoms with Gasteiger partial charge in [-0.05, 0) is 29.8 Å². The van der Waals surface area contributed by atoms with E-state index in [1.807, 2.05) is 30.3 Å². The fourth-order valence-electron chi connectivity index (χ4n) is 2.28. The van der Waals surface area contributed by atoms with Crippen LogP contribution in [0.25, 0.3) is 0 Å². The summed E-state index contributed by atoms with van der Waals surface area (Å²) in [6.07, 6.45) is 0.311. The number of Topliss-reactive ketones (excluding diaryl/α,β-unsaturated/α-hetero) is 1. The Hall–Kier alpha value is -2.37. The summed E-state index contributed by atoms with van der Waals surface area (Å²) in [5.41, 5.74) is 7.56. The van der Waals surface area contributed by atoms with Crippen LogP contribution in [-0.4, -0.2) is 25.3 Å². The third-order valence-electron chi connectivity index (χ3n) is 3.74. The molecule has 0 aliphatic heterocycles. The minimum absolute atomic E-state index is 0. The van der Waals surface area contributed by atoms with Crippen LogP contribution in [0.15, 0.2) is 54.6 Å². The first kappa shape index (κ1) is 20.7. The van der Waals surface area contributed by atoms with Crippen LogP contribution < -0.4 is 15.8 Å². The first-order valence-corrected chi connectivity index (χ1v) is 7.84. The van der Waals surface area contributed by atoms with E-state index in [4.69, 9.17) is 10.5 Å². The van der Waals surface area contributed by atoms with E-state index in [1.165, 1.54) is 0 Å². The first-order valence-electron chi connectivity index (χ1n) is 7.84. The van der Waals surface area contributed by atoms with Crippen LogP contribution in [0.4, 0.5) is 0 Å². The van der Waals surface area contributed by atoms with Gasteiger partial charge in [-0.15, -0.1) is 12.4 Å². The van der Waals surface area contributed by atoms with E-state index in [9.17, 15) is 9.59 Å². The van der Waals surface area contributed by atoms with Gasteiger partial charge < -0.3 is 15.8 Å². The topological polar surface area (TPSA) is 81.4 Å². The second kappa shape index (κ2) is 10.5. The van der Waals surface area contributed by atoms with Crippen LogP contribution in [0.3, 0.4) is 0 Å². The summed E-state index contributed by atoms with van der Waals surface area (Å²) in [4.78, 5) is 23.9. The van der Waals surface area contributed by atoms with E-state index in [2.05, 4.69) is 5.32 Å². The van der Waals surface area contributed by atoms with Crippen molar-refractivity contribution in [3.63, 3.8) is 0 Å². The molecular weight excluding hydrogens is 340 g/mol. The third kappa shape index (κ3) is 6.57. The average Bonchev–Trinajstić information content (AvgIpc) is 2.64. The largest absolute Gasteiger partial charge is 0.497 e. The molecule has 6 heteroatoms. The second-order valence-corrected chi connectivity index (χ2v) is 5.47. The zero-order valence-electron chi connectivity index (χ0n) is 14.1. The summed E-state index contributed by atoms with van der Waals surface area (Å²) >= 11 is 0. The highest BCUT2D eigenvalue weighted by Gasteiger charge is 2.11. The second-order valence-electron chi connectivity index (χ2n) is 5.47. The molecule has 0 heterocycles. The zero-order chi connectivity index (χ0) is 17.4. The van der Waals surface area contributed by atoms with Gasteiger partial charge in [-0.3, -0.25) is 9.59 Å². The Morgan fingerprint density at radius 3 is 2.28 bits per heavy atom. The molecule has 0 aliphatic carbocycles. The predicted octanol–water partition coefficient (Wildman–Crippen LogP) is 2.90. The lowest BCUT2D eigenvalue weighted by Crippen LogP contribution is -2.32. The highest BCUT2D eigenvalue weighted by molar-refractivity contribution is 5.98. The predicted molar refractivity (Wildman–Crippen MR) is 100 cm³/mol. The fraction of sp³-hybridized carbons (Fsp3) is 0.263. The lowest BCUT2D eigenvalue weighted by Gasteiger charge is -2.13. The Labute approximate surface area is 154 Å². The van der Waals surface area contributed by atoms with Crippen molar-refractivity contribution in [2.45, 2.75) is 18.9 Å². The molecule has 0 aromatic heterocycles. The number of amides is 1. The summed E-state index contributed by atoms with van der Waals surface area (Å²) < 4.78 is 5.05. The van der Waals surface area contributed by atoms with Gasteiger partial charge in [-0.2, -0.15) is 0 Å². The van der Waals surface area contributed by atoms with Crippen molar-refractivity contribution in [1.29, 1.82) is 0 Å². The maximum absolute atomic E-state index is 12.1. The average molecular weight is 363 g/mol. The number of carbonyl (C=O) groups is 2. The molecule has 0 saturated carbocycles. The lowest BCUT2D eigenvalue weighted by molar-refractivity contribution is -0.121. The van der Waals surface area contributed by atoms with Gasteiger partial charge in [-0.25, -0.2) is 0 Å². The Morgan fingerprint density at radius 1 is 1.04 bits per heavy atom. The number of methoxy groups -OCH3 is 1. The SMILES string of the molecule is COc1ccc(C(=O)CCC(=O)NCC(N)c2ccccc2)cc1.Cl. The van der Waals surface area contributed by atoms with E-state index in [-0.39, 0.29) is 43.0 Å². The van der Waals surface area contributed by atoms with E-state index in [0.29, 0.717) is 17.9 Å². The van der Waals surface area contributed by atoms with Crippen LogP contribution in [0.5, 0.6) is 5.75 Å². The van der Waals surface area contributed by atoms with Gasteiger partial charge in [-0.1, -0.05) is 30.3 Å². The number of halogens is 1. The minimum atomic E-state index is -0.257. The monoisotopic (exact) mass is 362 g/mol. The van der Waals surface area contributed by atoms with E-state index < -0.39 is 0 Å². The number of ether oxygens (including phenoxy) is 1. The van der Waals surface area contributed by atoms with E-state index in [1.54, 1.807) is 31.4 Å². The van der Waals surface area contributed by atoms with Crippen molar-refractivity contribution in [3.8, 4) is 5.75 Å². The molecule has 0 bridgehead atoms. The summed E-state index contributed by atoms with van der Waals surface area (Å²) in [5, 5.41) is 2.77. The number of rotatable bonds is 8. The molecule has 2 aromatic carbocycles. The van der Waals surface area contributed by atoms with Crippen LogP contribution in [0.2, 0.25) is 0 Å². The van der Waals surface area contributed by atoms with Crippen molar-refractivity contribution in [3.05, 3.63) is 65.7 Å². The van der Waals surface area contributed by atoms with Gasteiger partial charge in [0, 0.05) is 31.0 Å². The number of hydrogen-bond donors (Lipinski definition) is 2. The molecule has 1 unspecified atom stereocenters. The van der Waals surface area contributed by atoms with Crippen molar-refractivity contribution in [2.75, 3.05) is 13.7 Å². The maximum Gasteiger partial charge on any atom is 0.220 e. The summed E-state index contributed by atoms with van der Waals surface area (Å²) in [5.74, 6) is 0.447. The van der Waals surface area contributed by atoms with Gasteiger partial charge in [0.1, 0.15) is 5.75 Å². The smallest absolute Gasteiger partial charge is 0.220 e. The Balaban J connectivity index is 0.00000312. The number of benzene rings is 2. The van der Waals surface area contributed by atoms with Crippen LogP contribution in [0, 0.1) is 0 Å². The van der Waals surface area contributed by atoms with Gasteiger partial charge in [0.2, 0.25) is 5.91 Å². The van der Waals surface area contributed by atoms with Gasteiger partial charge in [0.25, 0.3) is 0 Å². The standard InChI is InChI=1S/C19H22N2O3.ClH/c1-24-16-9-7-15(8-10-16)18(22)11-12-19(23)21-13-17(20)14-5-3-2-4-6-14;/h2-10,17H,11-13,20H2,1H3,(H,21,23);1H. The summed E-state index contributed by atoms with van der Waals surface area (Å²) in [6.45, 7) is 0.347. The van der Waals surface area contributed by atoms with Crippen molar-refractivity contribution < 1.29 is 14.3 Å². The third-order valence-corrected chi connectivity index (χ3v) is 3.74. The number of nitrogens with two attached hydrogens (primary N) is 1. The van der Waals surface area contributed by atoms with Crippen LogP contribution >= 0.6 is 12.4 Å². The first-order chi connectivity index (χ1) is 11.6. The fourth-order valence-corrected chi connectivity index (χ4v) is 2.28. The highest BCUT2D eigenvalue weighted by Crippen LogP contribution is 2.13. The molecule has 1 amide bonds. The molecule has 1 atom stereocenters. The molecule has 3 N–H and O–H groups in total. The molecule has 2 aromatic rings. The van der Waals surface area contributed by atoms with Gasteiger partial charge >= 0.3 is 0 Å². The number of carbonyl (C=O) groups excluding carboxylic acids is 2. The molecule has 134 valence electrons. The van der Waals surface area contributed by atoms with Crippen molar-refractivity contribution in [1.82, 2.24) is 5.32 Å². The van der Waals surface area contributed by atoms with Crippen molar-refractivity contribution >= 4 is 24.1 Å². The van der Waals surface area contributed by atoms with Crippen LogP contribution in [-0.2, 0) is 4.79 Å². The maximum atomic E-state index is 12.1. The zero-order valence-corrected chi connectivity index (χ0v) is 14.9. The van der Waals surface area contributed by atoms with Crippen molar-refractivity contribution in [2.24, 2.45) is 5.73 Å². The Morgan fingerprint density at radius 2 is 1.68 bits per heavy atom. The number of hydrogen-bond acceptors (Lipinski definition) is 4. The molecule has 0 aliphatic rings. The molecule has 5 nitrogen and oxygen atoms in total. The Bertz CT molecular complexity index is 675. The highest BCUT2D eigenvalue weighted by atomic mass is 35.5. The molecule has 0 spiro atoms.